The van der Waals surface area contributed by atoms with Crippen molar-refractivity contribution in [2.75, 3.05) is 13.2 Å². The summed E-state index contributed by atoms with van der Waals surface area (Å²) in [5.41, 5.74) is 1.92. The van der Waals surface area contributed by atoms with Crippen molar-refractivity contribution < 1.29 is 14.6 Å². The fourth-order valence-corrected chi connectivity index (χ4v) is 2.02. The molecule has 0 radical (unpaired) electrons. The van der Waals surface area contributed by atoms with Crippen LogP contribution in [0.5, 0.6) is 0 Å². The molecular formula is C14H18N2O3. The third kappa shape index (κ3) is 2.93. The minimum atomic E-state index is -0.930. The minimum Gasteiger partial charge on any atom is -0.478 e. The molecule has 19 heavy (non-hydrogen) atoms. The monoisotopic (exact) mass is 262 g/mol. The summed E-state index contributed by atoms with van der Waals surface area (Å²) < 4.78 is 7.43. The number of nitrogens with zero attached hydrogens (tertiary/aromatic N) is 2. The molecule has 0 saturated carbocycles. The first-order valence-electron chi connectivity index (χ1n) is 6.40. The van der Waals surface area contributed by atoms with Crippen LogP contribution < -0.4 is 0 Å². The lowest BCUT2D eigenvalue weighted by molar-refractivity contribution is 0.0697. The lowest BCUT2D eigenvalue weighted by Crippen LogP contribution is -2.04. The molecule has 1 heterocycles. The second-order valence-electron chi connectivity index (χ2n) is 4.46. The van der Waals surface area contributed by atoms with Crippen LogP contribution in [0.3, 0.4) is 0 Å². The first-order valence-corrected chi connectivity index (χ1v) is 6.40. The maximum Gasteiger partial charge on any atom is 0.335 e. The molecule has 5 nitrogen and oxygen atoms in total. The molecule has 0 saturated heterocycles. The molecule has 0 fully saturated rings. The van der Waals surface area contributed by atoms with Crippen LogP contribution in [-0.2, 0) is 18.2 Å². The highest BCUT2D eigenvalue weighted by Gasteiger charge is 2.10. The van der Waals surface area contributed by atoms with Gasteiger partial charge in [0.1, 0.15) is 5.82 Å². The number of ether oxygens (including phenoxy) is 1. The second-order valence-corrected chi connectivity index (χ2v) is 4.46. The average Bonchev–Trinajstić information content (AvgIpc) is 2.71. The Balaban J connectivity index is 2.21. The van der Waals surface area contributed by atoms with Gasteiger partial charge >= 0.3 is 5.97 Å². The van der Waals surface area contributed by atoms with Crippen LogP contribution in [0.15, 0.2) is 18.2 Å². The Labute approximate surface area is 111 Å². The van der Waals surface area contributed by atoms with Gasteiger partial charge in [0.15, 0.2) is 0 Å². The largest absolute Gasteiger partial charge is 0.478 e. The van der Waals surface area contributed by atoms with E-state index in [2.05, 4.69) is 11.9 Å². The lowest BCUT2D eigenvalue weighted by atomic mass is 10.2. The van der Waals surface area contributed by atoms with E-state index < -0.39 is 5.97 Å². The third-order valence-corrected chi connectivity index (χ3v) is 3.04. The van der Waals surface area contributed by atoms with Gasteiger partial charge in [-0.2, -0.15) is 0 Å². The quantitative estimate of drug-likeness (QED) is 0.811. The normalized spacial score (nSPS) is 11.1. The van der Waals surface area contributed by atoms with Crippen molar-refractivity contribution in [3.63, 3.8) is 0 Å². The molecule has 5 heteroatoms. The smallest absolute Gasteiger partial charge is 0.335 e. The summed E-state index contributed by atoms with van der Waals surface area (Å²) in [6.45, 7) is 3.46. The highest BCUT2D eigenvalue weighted by atomic mass is 16.5. The second kappa shape index (κ2) is 5.84. The van der Waals surface area contributed by atoms with E-state index in [1.807, 2.05) is 11.6 Å². The summed E-state index contributed by atoms with van der Waals surface area (Å²) in [5, 5.41) is 8.97. The summed E-state index contributed by atoms with van der Waals surface area (Å²) in [6, 6.07) is 5.00. The van der Waals surface area contributed by atoms with E-state index in [4.69, 9.17) is 9.84 Å². The van der Waals surface area contributed by atoms with E-state index in [9.17, 15) is 4.79 Å². The van der Waals surface area contributed by atoms with Crippen molar-refractivity contribution in [2.24, 2.45) is 7.05 Å². The Hall–Kier alpha value is -1.88. The van der Waals surface area contributed by atoms with E-state index in [0.29, 0.717) is 12.1 Å². The van der Waals surface area contributed by atoms with Crippen molar-refractivity contribution >= 4 is 17.0 Å². The van der Waals surface area contributed by atoms with Gasteiger partial charge in [-0.05, 0) is 24.6 Å². The molecule has 0 spiro atoms. The molecule has 0 aliphatic rings. The van der Waals surface area contributed by atoms with Crippen LogP contribution in [0.4, 0.5) is 0 Å². The van der Waals surface area contributed by atoms with Gasteiger partial charge in [-0.15, -0.1) is 0 Å². The number of hydrogen-bond donors (Lipinski definition) is 1. The van der Waals surface area contributed by atoms with E-state index >= 15 is 0 Å². The Kier molecular flexibility index (Phi) is 4.16. The number of aryl methyl sites for hydroxylation is 1. The fraction of sp³-hybridized carbons (Fsp3) is 0.429. The number of rotatable bonds is 6. The number of benzene rings is 1. The number of carbonyl (C=O) groups is 1. The number of imidazole rings is 1. The molecule has 0 bridgehead atoms. The van der Waals surface area contributed by atoms with Gasteiger partial charge in [-0.3, -0.25) is 0 Å². The molecule has 0 aliphatic carbocycles. The molecule has 0 atom stereocenters. The summed E-state index contributed by atoms with van der Waals surface area (Å²) in [7, 11) is 1.94. The average molecular weight is 262 g/mol. The number of hydrogen-bond acceptors (Lipinski definition) is 3. The van der Waals surface area contributed by atoms with Crippen LogP contribution in [0, 0.1) is 0 Å². The van der Waals surface area contributed by atoms with Crippen LogP contribution in [0.1, 0.15) is 29.5 Å². The van der Waals surface area contributed by atoms with Crippen LogP contribution in [0.2, 0.25) is 0 Å². The number of carboxylic acids is 1. The van der Waals surface area contributed by atoms with Crippen LogP contribution in [-0.4, -0.2) is 33.8 Å². The Morgan fingerprint density at radius 3 is 2.89 bits per heavy atom. The predicted molar refractivity (Wildman–Crippen MR) is 72.5 cm³/mol. The Morgan fingerprint density at radius 1 is 1.42 bits per heavy atom. The number of aromatic nitrogens is 2. The molecule has 0 aliphatic heterocycles. The molecule has 0 unspecified atom stereocenters. The van der Waals surface area contributed by atoms with Gasteiger partial charge in [-0.25, -0.2) is 9.78 Å². The minimum absolute atomic E-state index is 0.263. The zero-order valence-electron chi connectivity index (χ0n) is 11.2. The van der Waals surface area contributed by atoms with Crippen molar-refractivity contribution in [2.45, 2.75) is 19.8 Å². The van der Waals surface area contributed by atoms with Gasteiger partial charge in [0.2, 0.25) is 0 Å². The van der Waals surface area contributed by atoms with E-state index in [1.165, 1.54) is 0 Å². The molecule has 2 aromatic rings. The molecule has 102 valence electrons. The van der Waals surface area contributed by atoms with Crippen molar-refractivity contribution in [1.29, 1.82) is 0 Å². The lowest BCUT2D eigenvalue weighted by Gasteiger charge is -2.03. The zero-order chi connectivity index (χ0) is 13.8. The van der Waals surface area contributed by atoms with Crippen molar-refractivity contribution in [3.8, 4) is 0 Å². The predicted octanol–water partition coefficient (Wildman–Crippen LogP) is 2.24. The third-order valence-electron chi connectivity index (χ3n) is 3.04. The molecule has 1 N–H and O–H groups in total. The SMILES string of the molecule is CCCOCCc1nc2cc(C(=O)O)ccc2n1C. The molecule has 2 rings (SSSR count). The molecule has 1 aromatic carbocycles. The highest BCUT2D eigenvalue weighted by Crippen LogP contribution is 2.17. The van der Waals surface area contributed by atoms with Gasteiger partial charge in [0.25, 0.3) is 0 Å². The van der Waals surface area contributed by atoms with Gasteiger partial charge in [0, 0.05) is 20.1 Å². The van der Waals surface area contributed by atoms with Crippen molar-refractivity contribution in [1.82, 2.24) is 9.55 Å². The Bertz CT molecular complexity index is 590. The molecule has 0 amide bonds. The van der Waals surface area contributed by atoms with Crippen molar-refractivity contribution in [3.05, 3.63) is 29.6 Å². The number of carboxylic acid groups (broad SMARTS) is 1. The highest BCUT2D eigenvalue weighted by molar-refractivity contribution is 5.92. The Morgan fingerprint density at radius 2 is 2.21 bits per heavy atom. The molecule has 1 aromatic heterocycles. The van der Waals surface area contributed by atoms with E-state index in [-0.39, 0.29) is 5.56 Å². The number of fused-ring (bicyclic) bond motifs is 1. The number of aromatic carboxylic acids is 1. The van der Waals surface area contributed by atoms with Crippen LogP contribution >= 0.6 is 0 Å². The summed E-state index contributed by atoms with van der Waals surface area (Å²) in [6.07, 6.45) is 1.73. The topological polar surface area (TPSA) is 64.3 Å². The van der Waals surface area contributed by atoms with Gasteiger partial charge < -0.3 is 14.4 Å². The van der Waals surface area contributed by atoms with Gasteiger partial charge in [-0.1, -0.05) is 6.92 Å². The van der Waals surface area contributed by atoms with E-state index in [0.717, 1.165) is 30.8 Å². The first-order chi connectivity index (χ1) is 9.13. The standard InChI is InChI=1S/C14H18N2O3/c1-3-7-19-8-6-13-15-11-9-10(14(17)18)4-5-12(11)16(13)2/h4-5,9H,3,6-8H2,1-2H3,(H,17,18). The van der Waals surface area contributed by atoms with Gasteiger partial charge in [0.05, 0.1) is 23.2 Å². The van der Waals surface area contributed by atoms with Crippen LogP contribution in [0.25, 0.3) is 11.0 Å². The summed E-state index contributed by atoms with van der Waals surface area (Å²) in [4.78, 5) is 15.4. The van der Waals surface area contributed by atoms with E-state index in [1.54, 1.807) is 18.2 Å². The molecular weight excluding hydrogens is 244 g/mol. The zero-order valence-corrected chi connectivity index (χ0v) is 11.2. The first kappa shape index (κ1) is 13.5. The maximum atomic E-state index is 10.9. The maximum absolute atomic E-state index is 10.9. The summed E-state index contributed by atoms with van der Waals surface area (Å²) in [5.74, 6) is -0.0194. The summed E-state index contributed by atoms with van der Waals surface area (Å²) >= 11 is 0. The fourth-order valence-electron chi connectivity index (χ4n) is 2.02.